The molecule has 0 atom stereocenters. The topological polar surface area (TPSA) is 49.9 Å². The molecule has 0 aliphatic carbocycles. The van der Waals surface area contributed by atoms with E-state index in [9.17, 15) is 0 Å². The molecular formula is C14H13ClN2S2. The zero-order chi connectivity index (χ0) is 13.8. The number of nitrogens with two attached hydrogens (primary N) is 1. The first-order valence-corrected chi connectivity index (χ1v) is 7.99. The minimum absolute atomic E-state index is 0.0829. The van der Waals surface area contributed by atoms with E-state index in [1.807, 2.05) is 48.7 Å². The van der Waals surface area contributed by atoms with Crippen LogP contribution in [0.4, 0.5) is 0 Å². The number of rotatable bonds is 4. The molecule has 0 heterocycles. The Bertz CT molecular complexity index is 614. The summed E-state index contributed by atoms with van der Waals surface area (Å²) in [6, 6.07) is 13.6. The lowest BCUT2D eigenvalue weighted by molar-refractivity contribution is 1.25. The van der Waals surface area contributed by atoms with Gasteiger partial charge in [-0.1, -0.05) is 41.6 Å². The molecule has 2 aromatic rings. The maximum atomic E-state index is 7.76. The molecule has 2 nitrogen and oxygen atoms in total. The van der Waals surface area contributed by atoms with Crippen LogP contribution in [-0.4, -0.2) is 12.1 Å². The highest BCUT2D eigenvalue weighted by atomic mass is 35.5. The summed E-state index contributed by atoms with van der Waals surface area (Å²) in [5.41, 5.74) is 6.48. The minimum atomic E-state index is 0.0829. The SMILES string of the molecule is CSc1cccc(Sc2ccccc2Cl)c1C(=N)N. The summed E-state index contributed by atoms with van der Waals surface area (Å²) in [6.45, 7) is 0. The second-order valence-electron chi connectivity index (χ2n) is 3.78. The Morgan fingerprint density at radius 3 is 2.32 bits per heavy atom. The van der Waals surface area contributed by atoms with E-state index < -0.39 is 0 Å². The van der Waals surface area contributed by atoms with E-state index in [2.05, 4.69) is 0 Å². The fourth-order valence-corrected chi connectivity index (χ4v) is 3.65. The van der Waals surface area contributed by atoms with Gasteiger partial charge in [-0.25, -0.2) is 0 Å². The Labute approximate surface area is 126 Å². The maximum Gasteiger partial charge on any atom is 0.125 e. The first-order valence-electron chi connectivity index (χ1n) is 5.57. The van der Waals surface area contributed by atoms with Gasteiger partial charge in [-0.3, -0.25) is 5.41 Å². The predicted molar refractivity (Wildman–Crippen MR) is 84.8 cm³/mol. The molecule has 0 bridgehead atoms. The van der Waals surface area contributed by atoms with Gasteiger partial charge in [0.2, 0.25) is 0 Å². The molecule has 2 rings (SSSR count). The summed E-state index contributed by atoms with van der Waals surface area (Å²) >= 11 is 9.29. The quantitative estimate of drug-likeness (QED) is 0.497. The predicted octanol–water partition coefficient (Wildman–Crippen LogP) is 4.50. The summed E-state index contributed by atoms with van der Waals surface area (Å²) in [7, 11) is 0. The number of benzene rings is 2. The number of halogens is 1. The largest absolute Gasteiger partial charge is 0.384 e. The molecule has 5 heteroatoms. The zero-order valence-electron chi connectivity index (χ0n) is 10.3. The smallest absolute Gasteiger partial charge is 0.125 e. The first-order chi connectivity index (χ1) is 9.13. The minimum Gasteiger partial charge on any atom is -0.384 e. The van der Waals surface area contributed by atoms with Gasteiger partial charge in [0.15, 0.2) is 0 Å². The Hall–Kier alpha value is -1.10. The molecule has 0 spiro atoms. The lowest BCUT2D eigenvalue weighted by atomic mass is 10.2. The molecule has 2 aromatic carbocycles. The molecule has 98 valence electrons. The Balaban J connectivity index is 2.46. The normalized spacial score (nSPS) is 10.4. The monoisotopic (exact) mass is 308 g/mol. The van der Waals surface area contributed by atoms with E-state index in [4.69, 9.17) is 22.7 Å². The van der Waals surface area contributed by atoms with Crippen molar-refractivity contribution in [1.29, 1.82) is 5.41 Å². The van der Waals surface area contributed by atoms with E-state index in [1.54, 1.807) is 11.8 Å². The number of nitrogens with one attached hydrogen (secondary N) is 1. The summed E-state index contributed by atoms with van der Waals surface area (Å²) < 4.78 is 0. The van der Waals surface area contributed by atoms with Crippen LogP contribution in [0.5, 0.6) is 0 Å². The van der Waals surface area contributed by atoms with E-state index in [0.717, 1.165) is 20.2 Å². The van der Waals surface area contributed by atoms with Gasteiger partial charge in [-0.2, -0.15) is 0 Å². The van der Waals surface area contributed by atoms with Crippen LogP contribution in [-0.2, 0) is 0 Å². The highest BCUT2D eigenvalue weighted by Gasteiger charge is 2.12. The lowest BCUT2D eigenvalue weighted by Crippen LogP contribution is -2.13. The van der Waals surface area contributed by atoms with Crippen LogP contribution in [0, 0.1) is 5.41 Å². The van der Waals surface area contributed by atoms with Gasteiger partial charge >= 0.3 is 0 Å². The second kappa shape index (κ2) is 6.37. The van der Waals surface area contributed by atoms with Gasteiger partial charge in [0.05, 0.1) is 5.02 Å². The summed E-state index contributed by atoms with van der Waals surface area (Å²) in [6.07, 6.45) is 1.98. The van der Waals surface area contributed by atoms with Crippen LogP contribution in [0.2, 0.25) is 5.02 Å². The molecule has 0 fully saturated rings. The van der Waals surface area contributed by atoms with Crippen molar-refractivity contribution in [3.05, 3.63) is 53.1 Å². The van der Waals surface area contributed by atoms with Gasteiger partial charge in [0.25, 0.3) is 0 Å². The number of hydrogen-bond acceptors (Lipinski definition) is 3. The second-order valence-corrected chi connectivity index (χ2v) is 6.12. The van der Waals surface area contributed by atoms with Crippen molar-refractivity contribution in [2.24, 2.45) is 5.73 Å². The molecule has 0 amide bonds. The lowest BCUT2D eigenvalue weighted by Gasteiger charge is -2.12. The average molecular weight is 309 g/mol. The zero-order valence-corrected chi connectivity index (χ0v) is 12.7. The van der Waals surface area contributed by atoms with Gasteiger partial charge < -0.3 is 5.73 Å². The van der Waals surface area contributed by atoms with Gasteiger partial charge in [0, 0.05) is 20.2 Å². The van der Waals surface area contributed by atoms with Crippen LogP contribution < -0.4 is 5.73 Å². The number of hydrogen-bond donors (Lipinski definition) is 2. The average Bonchev–Trinajstić information content (AvgIpc) is 2.40. The molecule has 0 saturated carbocycles. The van der Waals surface area contributed by atoms with Crippen molar-refractivity contribution in [3.63, 3.8) is 0 Å². The molecule has 0 saturated heterocycles. The first kappa shape index (κ1) is 14.3. The fourth-order valence-electron chi connectivity index (χ4n) is 1.68. The molecule has 3 N–H and O–H groups in total. The van der Waals surface area contributed by atoms with Crippen molar-refractivity contribution in [3.8, 4) is 0 Å². The molecule has 0 unspecified atom stereocenters. The fraction of sp³-hybridized carbons (Fsp3) is 0.0714. The summed E-state index contributed by atoms with van der Waals surface area (Å²) in [5.74, 6) is 0.0829. The standard InChI is InChI=1S/C14H13ClN2S2/c1-18-11-7-4-8-12(13(11)14(16)17)19-10-6-3-2-5-9(10)15/h2-8H,1H3,(H3,16,17). The molecule has 0 aromatic heterocycles. The van der Waals surface area contributed by atoms with Crippen LogP contribution >= 0.6 is 35.1 Å². The maximum absolute atomic E-state index is 7.76. The van der Waals surface area contributed by atoms with Crippen LogP contribution in [0.1, 0.15) is 5.56 Å². The molecule has 19 heavy (non-hydrogen) atoms. The van der Waals surface area contributed by atoms with Crippen molar-refractivity contribution >= 4 is 41.0 Å². The third kappa shape index (κ3) is 3.26. The number of nitrogen functional groups attached to an aromatic ring is 1. The van der Waals surface area contributed by atoms with Gasteiger partial charge in [-0.15, -0.1) is 11.8 Å². The van der Waals surface area contributed by atoms with Crippen molar-refractivity contribution in [1.82, 2.24) is 0 Å². The van der Waals surface area contributed by atoms with Gasteiger partial charge in [0.1, 0.15) is 5.84 Å². The van der Waals surface area contributed by atoms with Crippen molar-refractivity contribution in [2.75, 3.05) is 6.26 Å². The number of amidine groups is 1. The molecule has 0 radical (unpaired) electrons. The molecule has 0 aliphatic rings. The Morgan fingerprint density at radius 2 is 1.68 bits per heavy atom. The van der Waals surface area contributed by atoms with Crippen LogP contribution in [0.25, 0.3) is 0 Å². The van der Waals surface area contributed by atoms with E-state index in [0.29, 0.717) is 5.02 Å². The highest BCUT2D eigenvalue weighted by molar-refractivity contribution is 8.00. The Morgan fingerprint density at radius 1 is 1.05 bits per heavy atom. The van der Waals surface area contributed by atoms with Crippen molar-refractivity contribution < 1.29 is 0 Å². The van der Waals surface area contributed by atoms with Crippen LogP contribution in [0.15, 0.2) is 57.2 Å². The summed E-state index contributed by atoms with van der Waals surface area (Å²) in [5, 5.41) is 8.46. The van der Waals surface area contributed by atoms with Gasteiger partial charge in [-0.05, 0) is 30.5 Å². The van der Waals surface area contributed by atoms with Crippen molar-refractivity contribution in [2.45, 2.75) is 14.7 Å². The third-order valence-corrected chi connectivity index (χ3v) is 4.89. The number of thioether (sulfide) groups is 1. The van der Waals surface area contributed by atoms with Crippen LogP contribution in [0.3, 0.4) is 0 Å². The Kier molecular flexibility index (Phi) is 4.80. The molecular weight excluding hydrogens is 296 g/mol. The van der Waals surface area contributed by atoms with E-state index in [1.165, 1.54) is 11.8 Å². The van der Waals surface area contributed by atoms with E-state index in [-0.39, 0.29) is 5.84 Å². The molecule has 0 aliphatic heterocycles. The summed E-state index contributed by atoms with van der Waals surface area (Å²) in [4.78, 5) is 2.92. The third-order valence-electron chi connectivity index (χ3n) is 2.53. The van der Waals surface area contributed by atoms with E-state index >= 15 is 0 Å². The highest BCUT2D eigenvalue weighted by Crippen LogP contribution is 2.37.